The van der Waals surface area contributed by atoms with Crippen molar-refractivity contribution in [2.75, 3.05) is 0 Å². The van der Waals surface area contributed by atoms with Gasteiger partial charge in [0.15, 0.2) is 23.0 Å². The first kappa shape index (κ1) is 21.5. The number of halogens is 1. The molecule has 0 saturated heterocycles. The van der Waals surface area contributed by atoms with E-state index in [1.807, 2.05) is 0 Å². The molecule has 0 spiro atoms. The fraction of sp³-hybridized carbons (Fsp3) is 0.929. The maximum atomic E-state index is 10.8. The van der Waals surface area contributed by atoms with Crippen molar-refractivity contribution in [2.45, 2.75) is 84.0 Å². The van der Waals surface area contributed by atoms with Gasteiger partial charge >= 0.3 is 35.5 Å². The SMILES string of the molecule is CCCCCCCCCCCCCC(=O)OI.[NaH]. The van der Waals surface area contributed by atoms with E-state index in [1.165, 1.54) is 64.2 Å². The van der Waals surface area contributed by atoms with Crippen molar-refractivity contribution in [1.82, 2.24) is 0 Å². The predicted octanol–water partition coefficient (Wildman–Crippen LogP) is 4.93. The topological polar surface area (TPSA) is 26.3 Å². The normalized spacial score (nSPS) is 9.89. The summed E-state index contributed by atoms with van der Waals surface area (Å²) in [6.07, 6.45) is 15.0. The van der Waals surface area contributed by atoms with E-state index >= 15 is 0 Å². The van der Waals surface area contributed by atoms with Crippen LogP contribution < -0.4 is 0 Å². The van der Waals surface area contributed by atoms with Crippen LogP contribution in [0.3, 0.4) is 0 Å². The van der Waals surface area contributed by atoms with Gasteiger partial charge in [-0.05, 0) is 6.42 Å². The third-order valence-electron chi connectivity index (χ3n) is 3.07. The van der Waals surface area contributed by atoms with Gasteiger partial charge in [-0.25, -0.2) is 0 Å². The molecule has 18 heavy (non-hydrogen) atoms. The van der Waals surface area contributed by atoms with Gasteiger partial charge in [0.05, 0.1) is 0 Å². The summed E-state index contributed by atoms with van der Waals surface area (Å²) in [7, 11) is 0. The molecular weight excluding hydrogens is 350 g/mol. The molecule has 0 atom stereocenters. The Balaban J connectivity index is 0. The van der Waals surface area contributed by atoms with Crippen LogP contribution in [0.1, 0.15) is 84.0 Å². The number of hydrogen-bond donors (Lipinski definition) is 0. The van der Waals surface area contributed by atoms with Gasteiger partial charge < -0.3 is 3.07 Å². The third kappa shape index (κ3) is 17.2. The van der Waals surface area contributed by atoms with Gasteiger partial charge in [0, 0.05) is 6.42 Å². The van der Waals surface area contributed by atoms with Crippen molar-refractivity contribution in [2.24, 2.45) is 0 Å². The molecule has 0 unspecified atom stereocenters. The molecule has 0 N–H and O–H groups in total. The second kappa shape index (κ2) is 18.2. The quantitative estimate of drug-likeness (QED) is 0.273. The van der Waals surface area contributed by atoms with Gasteiger partial charge in [-0.1, -0.05) is 71.1 Å². The molecule has 0 aliphatic heterocycles. The Morgan fingerprint density at radius 2 is 1.22 bits per heavy atom. The molecule has 0 heterocycles. The van der Waals surface area contributed by atoms with Gasteiger partial charge in [-0.2, -0.15) is 0 Å². The molecule has 0 amide bonds. The predicted molar refractivity (Wildman–Crippen MR) is 88.3 cm³/mol. The van der Waals surface area contributed by atoms with E-state index in [0.717, 1.165) is 6.42 Å². The van der Waals surface area contributed by atoms with Gasteiger partial charge in [0.2, 0.25) is 0 Å². The van der Waals surface area contributed by atoms with Crippen LogP contribution in [0.4, 0.5) is 0 Å². The molecule has 0 aromatic rings. The number of carbonyl (C=O) groups is 1. The molecule has 0 aliphatic carbocycles. The van der Waals surface area contributed by atoms with E-state index in [-0.39, 0.29) is 35.5 Å². The van der Waals surface area contributed by atoms with Gasteiger partial charge in [-0.15, -0.1) is 0 Å². The van der Waals surface area contributed by atoms with Gasteiger partial charge in [0.1, 0.15) is 0 Å². The van der Waals surface area contributed by atoms with Gasteiger partial charge in [0.25, 0.3) is 0 Å². The maximum absolute atomic E-state index is 10.8. The summed E-state index contributed by atoms with van der Waals surface area (Å²) in [6.45, 7) is 2.26. The Morgan fingerprint density at radius 1 is 0.833 bits per heavy atom. The summed E-state index contributed by atoms with van der Waals surface area (Å²) < 4.78 is 4.57. The first-order chi connectivity index (χ1) is 8.31. The number of hydrogen-bond acceptors (Lipinski definition) is 2. The van der Waals surface area contributed by atoms with Crippen molar-refractivity contribution in [3.63, 3.8) is 0 Å². The second-order valence-electron chi connectivity index (χ2n) is 4.73. The van der Waals surface area contributed by atoms with Crippen LogP contribution in [-0.4, -0.2) is 35.5 Å². The molecular formula is C14H28INaO2. The van der Waals surface area contributed by atoms with Crippen LogP contribution in [0.25, 0.3) is 0 Å². The molecule has 104 valence electrons. The molecule has 0 aromatic heterocycles. The number of unbranched alkanes of at least 4 members (excludes halogenated alkanes) is 10. The van der Waals surface area contributed by atoms with Crippen LogP contribution in [-0.2, 0) is 7.86 Å². The first-order valence-electron chi connectivity index (χ1n) is 7.12. The number of rotatable bonds is 12. The zero-order chi connectivity index (χ0) is 12.8. The van der Waals surface area contributed by atoms with E-state index < -0.39 is 0 Å². The summed E-state index contributed by atoms with van der Waals surface area (Å²) >= 11 is 1.66. The monoisotopic (exact) mass is 378 g/mol. The van der Waals surface area contributed by atoms with E-state index in [9.17, 15) is 4.79 Å². The molecule has 0 fully saturated rings. The summed E-state index contributed by atoms with van der Waals surface area (Å²) in [4.78, 5) is 10.8. The van der Waals surface area contributed by atoms with Crippen molar-refractivity contribution in [3.8, 4) is 0 Å². The molecule has 4 heteroatoms. The molecule has 0 bridgehead atoms. The zero-order valence-corrected chi connectivity index (χ0v) is 13.3. The van der Waals surface area contributed by atoms with E-state index in [2.05, 4.69) is 9.99 Å². The Bertz CT molecular complexity index is 177. The van der Waals surface area contributed by atoms with E-state index in [0.29, 0.717) is 6.42 Å². The molecule has 0 rings (SSSR count). The molecule has 0 radical (unpaired) electrons. The minimum atomic E-state index is -0.0819. The fourth-order valence-corrected chi connectivity index (χ4v) is 2.19. The van der Waals surface area contributed by atoms with Crippen LogP contribution in [0.2, 0.25) is 0 Å². The molecule has 0 aliphatic rings. The Kier molecular flexibility index (Phi) is 21.7. The first-order valence-corrected chi connectivity index (χ1v) is 8.00. The Labute approximate surface area is 149 Å². The van der Waals surface area contributed by atoms with E-state index in [1.54, 1.807) is 23.0 Å². The molecule has 2 nitrogen and oxygen atoms in total. The minimum absolute atomic E-state index is 0. The van der Waals surface area contributed by atoms with Crippen molar-refractivity contribution < 1.29 is 7.86 Å². The van der Waals surface area contributed by atoms with Crippen LogP contribution in [0.15, 0.2) is 0 Å². The van der Waals surface area contributed by atoms with Crippen molar-refractivity contribution in [1.29, 1.82) is 0 Å². The van der Waals surface area contributed by atoms with Crippen LogP contribution >= 0.6 is 23.0 Å². The summed E-state index contributed by atoms with van der Waals surface area (Å²) in [6, 6.07) is 0. The van der Waals surface area contributed by atoms with Crippen LogP contribution in [0, 0.1) is 0 Å². The summed E-state index contributed by atoms with van der Waals surface area (Å²) in [5.41, 5.74) is 0. The van der Waals surface area contributed by atoms with Crippen molar-refractivity contribution >= 4 is 58.5 Å². The zero-order valence-electron chi connectivity index (χ0n) is 11.2. The number of carbonyl (C=O) groups excluding carboxylic acids is 1. The average molecular weight is 378 g/mol. The van der Waals surface area contributed by atoms with Crippen molar-refractivity contribution in [3.05, 3.63) is 0 Å². The fourth-order valence-electron chi connectivity index (χ4n) is 1.97. The molecule has 0 aromatic carbocycles. The molecule has 0 saturated carbocycles. The Hall–Kier alpha value is 1.20. The van der Waals surface area contributed by atoms with Gasteiger partial charge in [-0.3, -0.25) is 4.79 Å². The Morgan fingerprint density at radius 3 is 1.61 bits per heavy atom. The summed E-state index contributed by atoms with van der Waals surface area (Å²) in [5, 5.41) is 0. The second-order valence-corrected chi connectivity index (χ2v) is 5.18. The standard InChI is InChI=1S/C14H27IO2.Na.H/c1-2-3-4-5-6-7-8-9-10-11-12-13-14(16)17-15;;/h2-13H2,1H3;;. The third-order valence-corrected chi connectivity index (χ3v) is 3.56. The average Bonchev–Trinajstić information content (AvgIpc) is 2.35. The van der Waals surface area contributed by atoms with E-state index in [4.69, 9.17) is 0 Å². The van der Waals surface area contributed by atoms with Crippen LogP contribution in [0.5, 0.6) is 0 Å². The summed E-state index contributed by atoms with van der Waals surface area (Å²) in [5.74, 6) is -0.0819.